The van der Waals surface area contributed by atoms with Gasteiger partial charge in [0, 0.05) is 58.1 Å². The molecule has 0 saturated heterocycles. The summed E-state index contributed by atoms with van der Waals surface area (Å²) in [6.45, 7) is 9.87. The molecule has 0 aromatic carbocycles. The second-order valence-corrected chi connectivity index (χ2v) is 6.92. The number of aryl methyl sites for hydroxylation is 1. The lowest BCUT2D eigenvalue weighted by Crippen LogP contribution is -2.06. The lowest BCUT2D eigenvalue weighted by molar-refractivity contribution is 0.187. The van der Waals surface area contributed by atoms with E-state index in [4.69, 9.17) is 14.5 Å². The monoisotopic (exact) mass is 348 g/mol. The third kappa shape index (κ3) is 5.68. The molecule has 2 heterocycles. The Morgan fingerprint density at radius 3 is 2.48 bits per heavy atom. The summed E-state index contributed by atoms with van der Waals surface area (Å²) in [6.07, 6.45) is 8.10. The molecular formula is C19H32N4O2. The fourth-order valence-corrected chi connectivity index (χ4v) is 2.97. The molecule has 0 N–H and O–H groups in total. The Morgan fingerprint density at radius 1 is 1.04 bits per heavy atom. The predicted octanol–water partition coefficient (Wildman–Crippen LogP) is 3.23. The lowest BCUT2D eigenvalue weighted by atomic mass is 10.0. The van der Waals surface area contributed by atoms with E-state index in [2.05, 4.69) is 47.3 Å². The smallest absolute Gasteiger partial charge is 0.111 e. The fraction of sp³-hybridized carbons (Fsp3) is 0.684. The zero-order valence-electron chi connectivity index (χ0n) is 16.2. The van der Waals surface area contributed by atoms with Crippen LogP contribution in [0.5, 0.6) is 0 Å². The van der Waals surface area contributed by atoms with Crippen LogP contribution in [0.1, 0.15) is 56.2 Å². The topological polar surface area (TPSA) is 54.1 Å². The van der Waals surface area contributed by atoms with Gasteiger partial charge in [-0.3, -0.25) is 0 Å². The Bertz CT molecular complexity index is 633. The van der Waals surface area contributed by atoms with Gasteiger partial charge in [0.25, 0.3) is 0 Å². The minimum atomic E-state index is 0.339. The molecule has 6 nitrogen and oxygen atoms in total. The zero-order chi connectivity index (χ0) is 18.2. The van der Waals surface area contributed by atoms with Gasteiger partial charge in [-0.05, 0) is 12.8 Å². The van der Waals surface area contributed by atoms with Crippen LogP contribution in [0, 0.1) is 0 Å². The van der Waals surface area contributed by atoms with E-state index in [1.807, 2.05) is 6.33 Å². The third-order valence-electron chi connectivity index (χ3n) is 4.35. The Hall–Kier alpha value is -1.66. The van der Waals surface area contributed by atoms with Gasteiger partial charge in [-0.1, -0.05) is 20.8 Å². The summed E-state index contributed by atoms with van der Waals surface area (Å²) in [5.74, 6) is 1.91. The molecule has 1 unspecified atom stereocenters. The highest BCUT2D eigenvalue weighted by atomic mass is 16.5. The maximum absolute atomic E-state index is 5.17. The molecule has 2 aromatic rings. The fourth-order valence-electron chi connectivity index (χ4n) is 2.97. The van der Waals surface area contributed by atoms with Gasteiger partial charge in [-0.2, -0.15) is 0 Å². The van der Waals surface area contributed by atoms with Crippen molar-refractivity contribution in [2.45, 2.75) is 58.5 Å². The minimum absolute atomic E-state index is 0.339. The van der Waals surface area contributed by atoms with Gasteiger partial charge in [0.15, 0.2) is 0 Å². The summed E-state index contributed by atoms with van der Waals surface area (Å²) < 4.78 is 14.7. The van der Waals surface area contributed by atoms with Crippen LogP contribution in [0.4, 0.5) is 0 Å². The number of methoxy groups -OCH3 is 2. The Balaban J connectivity index is 2.03. The van der Waals surface area contributed by atoms with Crippen LogP contribution in [0.3, 0.4) is 0 Å². The highest BCUT2D eigenvalue weighted by Gasteiger charge is 2.16. The molecule has 140 valence electrons. The van der Waals surface area contributed by atoms with Crippen molar-refractivity contribution in [1.82, 2.24) is 19.1 Å². The molecule has 0 aliphatic rings. The molecule has 25 heavy (non-hydrogen) atoms. The van der Waals surface area contributed by atoms with E-state index in [1.165, 1.54) is 0 Å². The van der Waals surface area contributed by atoms with Crippen molar-refractivity contribution in [1.29, 1.82) is 0 Å². The van der Waals surface area contributed by atoms with Crippen LogP contribution >= 0.6 is 0 Å². The zero-order valence-corrected chi connectivity index (χ0v) is 16.2. The molecule has 2 aromatic heterocycles. The van der Waals surface area contributed by atoms with Crippen LogP contribution in [-0.2, 0) is 29.0 Å². The number of ether oxygens (including phenoxy) is 2. The minimum Gasteiger partial charge on any atom is -0.385 e. The average Bonchev–Trinajstić information content (AvgIpc) is 3.20. The number of imidazole rings is 2. The van der Waals surface area contributed by atoms with Crippen molar-refractivity contribution in [3.8, 4) is 0 Å². The first-order chi connectivity index (χ1) is 12.0. The van der Waals surface area contributed by atoms with Gasteiger partial charge in [-0.25, -0.2) is 9.97 Å². The first-order valence-corrected chi connectivity index (χ1v) is 9.10. The van der Waals surface area contributed by atoms with Crippen molar-refractivity contribution in [3.05, 3.63) is 35.9 Å². The highest BCUT2D eigenvalue weighted by molar-refractivity contribution is 5.13. The summed E-state index contributed by atoms with van der Waals surface area (Å²) in [5, 5.41) is 0. The summed E-state index contributed by atoms with van der Waals surface area (Å²) >= 11 is 0. The number of hydrogen-bond acceptors (Lipinski definition) is 4. The molecule has 0 saturated carbocycles. The highest BCUT2D eigenvalue weighted by Crippen LogP contribution is 2.21. The molecule has 1 atom stereocenters. The third-order valence-corrected chi connectivity index (χ3v) is 4.35. The quantitative estimate of drug-likeness (QED) is 0.585. The molecule has 6 heteroatoms. The van der Waals surface area contributed by atoms with Crippen molar-refractivity contribution < 1.29 is 9.47 Å². The van der Waals surface area contributed by atoms with Crippen LogP contribution in [0.25, 0.3) is 0 Å². The normalized spacial score (nSPS) is 12.9. The first-order valence-electron chi connectivity index (χ1n) is 9.10. The second-order valence-electron chi connectivity index (χ2n) is 6.92. The number of hydrogen-bond donors (Lipinski definition) is 0. The molecule has 0 amide bonds. The van der Waals surface area contributed by atoms with Crippen molar-refractivity contribution in [2.75, 3.05) is 27.4 Å². The number of nitrogens with zero attached hydrogens (tertiary/aromatic N) is 4. The van der Waals surface area contributed by atoms with Gasteiger partial charge < -0.3 is 18.6 Å². The number of aromatic nitrogens is 4. The van der Waals surface area contributed by atoms with E-state index in [9.17, 15) is 0 Å². The van der Waals surface area contributed by atoms with E-state index in [1.54, 1.807) is 14.2 Å². The van der Waals surface area contributed by atoms with Crippen molar-refractivity contribution >= 4 is 0 Å². The van der Waals surface area contributed by atoms with Crippen LogP contribution < -0.4 is 0 Å². The Morgan fingerprint density at radius 2 is 1.80 bits per heavy atom. The standard InChI is InChI=1S/C19H32N4O2/c1-15(2)19-21-17(12-23(19)7-6-9-24-4)11-16(3)18-13-22(14-20-18)8-10-25-5/h12-16H,6-11H2,1-5H3. The van der Waals surface area contributed by atoms with E-state index in [0.29, 0.717) is 18.4 Å². The first kappa shape index (κ1) is 19.7. The van der Waals surface area contributed by atoms with Crippen LogP contribution in [0.2, 0.25) is 0 Å². The van der Waals surface area contributed by atoms with Crippen LogP contribution in [-0.4, -0.2) is 46.5 Å². The molecule has 0 bridgehead atoms. The van der Waals surface area contributed by atoms with Crippen molar-refractivity contribution in [2.24, 2.45) is 0 Å². The maximum atomic E-state index is 5.17. The summed E-state index contributed by atoms with van der Waals surface area (Å²) in [5.41, 5.74) is 2.25. The lowest BCUT2D eigenvalue weighted by Gasteiger charge is -2.09. The van der Waals surface area contributed by atoms with Gasteiger partial charge in [0.2, 0.25) is 0 Å². The molecular weight excluding hydrogens is 316 g/mol. The van der Waals surface area contributed by atoms with E-state index < -0.39 is 0 Å². The van der Waals surface area contributed by atoms with Crippen LogP contribution in [0.15, 0.2) is 18.7 Å². The average molecular weight is 348 g/mol. The van der Waals surface area contributed by atoms with Gasteiger partial charge in [0.1, 0.15) is 5.82 Å². The van der Waals surface area contributed by atoms with E-state index >= 15 is 0 Å². The van der Waals surface area contributed by atoms with Gasteiger partial charge in [0.05, 0.1) is 24.3 Å². The maximum Gasteiger partial charge on any atom is 0.111 e. The summed E-state index contributed by atoms with van der Waals surface area (Å²) in [7, 11) is 3.46. The molecule has 0 radical (unpaired) electrons. The Labute approximate surface area is 151 Å². The molecule has 2 rings (SSSR count). The predicted molar refractivity (Wildman–Crippen MR) is 99.0 cm³/mol. The second kappa shape index (κ2) is 9.73. The molecule has 0 spiro atoms. The SMILES string of the molecule is COCCCn1cc(CC(C)c2cn(CCOC)cn2)nc1C(C)C. The molecule has 0 aliphatic carbocycles. The van der Waals surface area contributed by atoms with Gasteiger partial charge >= 0.3 is 0 Å². The Kier molecular flexibility index (Phi) is 7.65. The van der Waals surface area contributed by atoms with Crippen molar-refractivity contribution in [3.63, 3.8) is 0 Å². The van der Waals surface area contributed by atoms with E-state index in [-0.39, 0.29) is 0 Å². The summed E-state index contributed by atoms with van der Waals surface area (Å²) in [4.78, 5) is 9.42. The van der Waals surface area contributed by atoms with E-state index in [0.717, 1.165) is 49.8 Å². The summed E-state index contributed by atoms with van der Waals surface area (Å²) in [6, 6.07) is 0. The molecule has 0 aliphatic heterocycles. The van der Waals surface area contributed by atoms with Gasteiger partial charge in [-0.15, -0.1) is 0 Å². The largest absolute Gasteiger partial charge is 0.385 e. The number of rotatable bonds is 11. The molecule has 0 fully saturated rings.